The summed E-state index contributed by atoms with van der Waals surface area (Å²) in [7, 11) is 0. The molecule has 1 aromatic rings. The topological polar surface area (TPSA) is 12.5 Å². The maximum absolute atomic E-state index is 6.73. The molecule has 0 radical (unpaired) electrons. The zero-order chi connectivity index (χ0) is 17.6. The van der Waals surface area contributed by atoms with Crippen LogP contribution in [-0.4, -0.2) is 29.6 Å². The number of piperidine rings is 1. The van der Waals surface area contributed by atoms with Crippen LogP contribution in [-0.2, 0) is 4.74 Å². The summed E-state index contributed by atoms with van der Waals surface area (Å²) in [6.45, 7) is 8.23. The van der Waals surface area contributed by atoms with Gasteiger partial charge in [0.1, 0.15) is 0 Å². The first kappa shape index (κ1) is 18.9. The summed E-state index contributed by atoms with van der Waals surface area (Å²) in [5.74, 6) is 0.738. The Morgan fingerprint density at radius 1 is 1.04 bits per heavy atom. The summed E-state index contributed by atoms with van der Waals surface area (Å²) >= 11 is 0. The second-order valence-corrected chi connectivity index (χ2v) is 8.58. The molecular weight excluding hydrogens is 306 g/mol. The fourth-order valence-corrected chi connectivity index (χ4v) is 4.74. The lowest BCUT2D eigenvalue weighted by Crippen LogP contribution is -2.46. The highest BCUT2D eigenvalue weighted by Gasteiger charge is 2.41. The van der Waals surface area contributed by atoms with E-state index in [0.29, 0.717) is 6.10 Å². The van der Waals surface area contributed by atoms with Gasteiger partial charge in [0, 0.05) is 12.1 Å². The average Bonchev–Trinajstić information content (AvgIpc) is 2.85. The predicted octanol–water partition coefficient (Wildman–Crippen LogP) is 5.98. The van der Waals surface area contributed by atoms with Crippen LogP contribution in [0.4, 0.5) is 0 Å². The number of nitrogens with zero attached hydrogens (tertiary/aromatic N) is 1. The first-order valence-electron chi connectivity index (χ1n) is 10.6. The van der Waals surface area contributed by atoms with Gasteiger partial charge in [0.2, 0.25) is 0 Å². The first-order valence-corrected chi connectivity index (χ1v) is 10.6. The second kappa shape index (κ2) is 9.19. The van der Waals surface area contributed by atoms with Crippen LogP contribution in [0.25, 0.3) is 0 Å². The lowest BCUT2D eigenvalue weighted by molar-refractivity contribution is -0.0667. The Labute approximate surface area is 154 Å². The van der Waals surface area contributed by atoms with Crippen molar-refractivity contribution < 1.29 is 4.74 Å². The van der Waals surface area contributed by atoms with Crippen molar-refractivity contribution >= 4 is 0 Å². The standard InChI is InChI=1S/C23H37NO/c1-4-5-15-24-20-12-13-21(24)17-22(16-20)25-23(14-11-18(2)3)19-9-7-6-8-10-19/h6-10,18,20-23H,4-5,11-17H2,1-3H3/t20-,21+,22?,23?. The molecule has 3 rings (SSSR count). The van der Waals surface area contributed by atoms with Crippen LogP contribution in [0.15, 0.2) is 30.3 Å². The van der Waals surface area contributed by atoms with Gasteiger partial charge in [-0.15, -0.1) is 0 Å². The van der Waals surface area contributed by atoms with Crippen molar-refractivity contribution in [3.8, 4) is 0 Å². The van der Waals surface area contributed by atoms with Crippen LogP contribution in [0.3, 0.4) is 0 Å². The molecule has 2 aliphatic heterocycles. The van der Waals surface area contributed by atoms with Gasteiger partial charge in [-0.3, -0.25) is 4.90 Å². The summed E-state index contributed by atoms with van der Waals surface area (Å²) in [6, 6.07) is 12.5. The quantitative estimate of drug-likeness (QED) is 0.547. The van der Waals surface area contributed by atoms with E-state index in [-0.39, 0.29) is 6.10 Å². The van der Waals surface area contributed by atoms with E-state index in [1.807, 2.05) is 0 Å². The molecule has 25 heavy (non-hydrogen) atoms. The van der Waals surface area contributed by atoms with Gasteiger partial charge in [0.25, 0.3) is 0 Å². The number of unbranched alkanes of at least 4 members (excludes halogenated alkanes) is 1. The molecule has 2 fully saturated rings. The van der Waals surface area contributed by atoms with E-state index in [0.717, 1.165) is 24.4 Å². The number of rotatable bonds is 9. The molecule has 2 heterocycles. The first-order chi connectivity index (χ1) is 12.2. The highest BCUT2D eigenvalue weighted by molar-refractivity contribution is 5.17. The van der Waals surface area contributed by atoms with Crippen LogP contribution in [0.1, 0.15) is 83.8 Å². The monoisotopic (exact) mass is 343 g/mol. The molecule has 0 saturated carbocycles. The van der Waals surface area contributed by atoms with Crippen molar-refractivity contribution in [3.63, 3.8) is 0 Å². The summed E-state index contributed by atoms with van der Waals surface area (Å²) in [5, 5.41) is 0. The summed E-state index contributed by atoms with van der Waals surface area (Å²) in [6.07, 6.45) is 11.0. The van der Waals surface area contributed by atoms with Crippen LogP contribution < -0.4 is 0 Å². The largest absolute Gasteiger partial charge is 0.370 e. The van der Waals surface area contributed by atoms with E-state index >= 15 is 0 Å². The Kier molecular flexibility index (Phi) is 6.95. The molecule has 0 aliphatic carbocycles. The zero-order valence-electron chi connectivity index (χ0n) is 16.5. The van der Waals surface area contributed by atoms with E-state index in [2.05, 4.69) is 56.0 Å². The molecule has 2 heteroatoms. The average molecular weight is 344 g/mol. The van der Waals surface area contributed by atoms with Crippen LogP contribution in [0.2, 0.25) is 0 Å². The molecule has 2 bridgehead atoms. The fourth-order valence-electron chi connectivity index (χ4n) is 4.74. The van der Waals surface area contributed by atoms with Gasteiger partial charge in [0.05, 0.1) is 12.2 Å². The molecule has 2 saturated heterocycles. The molecule has 2 nitrogen and oxygen atoms in total. The third kappa shape index (κ3) is 5.08. The Morgan fingerprint density at radius 3 is 2.32 bits per heavy atom. The second-order valence-electron chi connectivity index (χ2n) is 8.58. The van der Waals surface area contributed by atoms with Gasteiger partial charge in [-0.05, 0) is 63.0 Å². The number of fused-ring (bicyclic) bond motifs is 2. The molecule has 0 aromatic heterocycles. The highest BCUT2D eigenvalue weighted by Crippen LogP contribution is 2.39. The number of hydrogen-bond donors (Lipinski definition) is 0. The molecular formula is C23H37NO. The molecule has 2 aliphatic rings. The Hall–Kier alpha value is -0.860. The Balaban J connectivity index is 1.61. The van der Waals surface area contributed by atoms with Crippen molar-refractivity contribution in [2.45, 2.75) is 96.4 Å². The molecule has 4 atom stereocenters. The smallest absolute Gasteiger partial charge is 0.0828 e. The van der Waals surface area contributed by atoms with Gasteiger partial charge in [-0.2, -0.15) is 0 Å². The highest BCUT2D eigenvalue weighted by atomic mass is 16.5. The van der Waals surface area contributed by atoms with Gasteiger partial charge in [-0.25, -0.2) is 0 Å². The SMILES string of the molecule is CCCCN1[C@@H]2CC[C@H]1CC(OC(CCC(C)C)c1ccccc1)C2. The van der Waals surface area contributed by atoms with Gasteiger partial charge in [-0.1, -0.05) is 57.5 Å². The van der Waals surface area contributed by atoms with E-state index in [4.69, 9.17) is 4.74 Å². The van der Waals surface area contributed by atoms with E-state index in [1.54, 1.807) is 0 Å². The van der Waals surface area contributed by atoms with E-state index < -0.39 is 0 Å². The lowest BCUT2D eigenvalue weighted by Gasteiger charge is -2.40. The van der Waals surface area contributed by atoms with Crippen LogP contribution in [0, 0.1) is 5.92 Å². The molecule has 2 unspecified atom stereocenters. The molecule has 140 valence electrons. The van der Waals surface area contributed by atoms with Crippen LogP contribution in [0.5, 0.6) is 0 Å². The van der Waals surface area contributed by atoms with Crippen molar-refractivity contribution in [1.82, 2.24) is 4.90 Å². The van der Waals surface area contributed by atoms with Crippen molar-refractivity contribution in [2.24, 2.45) is 5.92 Å². The van der Waals surface area contributed by atoms with Gasteiger partial charge < -0.3 is 4.74 Å². The third-order valence-corrected chi connectivity index (χ3v) is 6.15. The molecule has 0 N–H and O–H groups in total. The molecule has 1 aromatic carbocycles. The van der Waals surface area contributed by atoms with Crippen molar-refractivity contribution in [3.05, 3.63) is 35.9 Å². The lowest BCUT2D eigenvalue weighted by atomic mass is 9.96. The van der Waals surface area contributed by atoms with Crippen LogP contribution >= 0.6 is 0 Å². The Bertz CT molecular complexity index is 486. The predicted molar refractivity (Wildman–Crippen MR) is 106 cm³/mol. The van der Waals surface area contributed by atoms with Gasteiger partial charge >= 0.3 is 0 Å². The summed E-state index contributed by atoms with van der Waals surface area (Å²) < 4.78 is 6.73. The minimum Gasteiger partial charge on any atom is -0.370 e. The third-order valence-electron chi connectivity index (χ3n) is 6.15. The summed E-state index contributed by atoms with van der Waals surface area (Å²) in [5.41, 5.74) is 1.36. The molecule has 0 amide bonds. The fraction of sp³-hybridized carbons (Fsp3) is 0.739. The minimum absolute atomic E-state index is 0.273. The normalized spacial score (nSPS) is 27.8. The number of hydrogen-bond acceptors (Lipinski definition) is 2. The maximum atomic E-state index is 6.73. The maximum Gasteiger partial charge on any atom is 0.0828 e. The molecule has 0 spiro atoms. The van der Waals surface area contributed by atoms with E-state index in [1.165, 1.54) is 57.1 Å². The number of benzene rings is 1. The minimum atomic E-state index is 0.273. The van der Waals surface area contributed by atoms with Crippen molar-refractivity contribution in [1.29, 1.82) is 0 Å². The summed E-state index contributed by atoms with van der Waals surface area (Å²) in [4.78, 5) is 2.80. The van der Waals surface area contributed by atoms with Crippen molar-refractivity contribution in [2.75, 3.05) is 6.54 Å². The number of ether oxygens (including phenoxy) is 1. The zero-order valence-corrected chi connectivity index (χ0v) is 16.5. The Morgan fingerprint density at radius 2 is 1.72 bits per heavy atom. The van der Waals surface area contributed by atoms with E-state index in [9.17, 15) is 0 Å². The van der Waals surface area contributed by atoms with Gasteiger partial charge in [0.15, 0.2) is 0 Å².